The summed E-state index contributed by atoms with van der Waals surface area (Å²) in [6.07, 6.45) is 0. The summed E-state index contributed by atoms with van der Waals surface area (Å²) in [5.41, 5.74) is 3.36. The number of ketones is 1. The standard InChI is InChI=1S/C24H17NO4/c1-28-19-9-7-18(8-10-19)24-22(20-11-4-16(14-26)12-21(20)29-24)23(27)17-5-2-15(13-25)3-6-17/h2-12,26H,14H2,1H3. The lowest BCUT2D eigenvalue weighted by atomic mass is 9.96. The van der Waals surface area contributed by atoms with E-state index in [-0.39, 0.29) is 12.4 Å². The SMILES string of the molecule is COc1ccc(-c2oc3cc(CO)ccc3c2C(=O)c2ccc(C#N)cc2)cc1. The van der Waals surface area contributed by atoms with E-state index in [4.69, 9.17) is 14.4 Å². The number of hydrogen-bond acceptors (Lipinski definition) is 5. The molecular formula is C24H17NO4. The van der Waals surface area contributed by atoms with Gasteiger partial charge in [0, 0.05) is 16.5 Å². The van der Waals surface area contributed by atoms with Crippen LogP contribution in [0.5, 0.6) is 5.75 Å². The van der Waals surface area contributed by atoms with Crippen molar-refractivity contribution >= 4 is 16.8 Å². The number of benzene rings is 3. The number of aliphatic hydroxyl groups excluding tert-OH is 1. The quantitative estimate of drug-likeness (QED) is 0.505. The van der Waals surface area contributed by atoms with Crippen LogP contribution in [0.15, 0.2) is 71.1 Å². The first kappa shape index (κ1) is 18.5. The average molecular weight is 383 g/mol. The molecule has 0 radical (unpaired) electrons. The summed E-state index contributed by atoms with van der Waals surface area (Å²) in [4.78, 5) is 13.4. The fourth-order valence-corrected chi connectivity index (χ4v) is 3.25. The number of fused-ring (bicyclic) bond motifs is 1. The lowest BCUT2D eigenvalue weighted by Gasteiger charge is -2.05. The molecule has 142 valence electrons. The van der Waals surface area contributed by atoms with Gasteiger partial charge in [0.15, 0.2) is 5.78 Å². The van der Waals surface area contributed by atoms with Crippen molar-refractivity contribution in [1.29, 1.82) is 5.26 Å². The van der Waals surface area contributed by atoms with Crippen LogP contribution >= 0.6 is 0 Å². The summed E-state index contributed by atoms with van der Waals surface area (Å²) in [6, 6.07) is 21.1. The van der Waals surface area contributed by atoms with E-state index < -0.39 is 0 Å². The molecule has 0 amide bonds. The van der Waals surface area contributed by atoms with Crippen molar-refractivity contribution in [2.45, 2.75) is 6.61 Å². The highest BCUT2D eigenvalue weighted by atomic mass is 16.5. The Balaban J connectivity index is 1.91. The monoisotopic (exact) mass is 383 g/mol. The molecule has 0 aliphatic heterocycles. The van der Waals surface area contributed by atoms with Crippen LogP contribution in [0.3, 0.4) is 0 Å². The number of carbonyl (C=O) groups excluding carboxylic acids is 1. The third-order valence-corrected chi connectivity index (χ3v) is 4.79. The van der Waals surface area contributed by atoms with E-state index in [1.54, 1.807) is 61.7 Å². The van der Waals surface area contributed by atoms with E-state index in [0.717, 1.165) is 5.56 Å². The Hall–Kier alpha value is -3.88. The van der Waals surface area contributed by atoms with Crippen LogP contribution in [-0.4, -0.2) is 18.0 Å². The Morgan fingerprint density at radius 2 is 1.79 bits per heavy atom. The molecule has 4 aromatic rings. The van der Waals surface area contributed by atoms with Crippen LogP contribution in [-0.2, 0) is 6.61 Å². The van der Waals surface area contributed by atoms with Crippen LogP contribution in [0.2, 0.25) is 0 Å². The van der Waals surface area contributed by atoms with Crippen molar-refractivity contribution in [3.63, 3.8) is 0 Å². The first-order valence-corrected chi connectivity index (χ1v) is 9.00. The van der Waals surface area contributed by atoms with Crippen molar-refractivity contribution in [3.8, 4) is 23.1 Å². The predicted octanol–water partition coefficient (Wildman–Crippen LogP) is 4.70. The minimum Gasteiger partial charge on any atom is -0.497 e. The molecule has 1 aromatic heterocycles. The highest BCUT2D eigenvalue weighted by molar-refractivity contribution is 6.19. The lowest BCUT2D eigenvalue weighted by Crippen LogP contribution is -2.02. The van der Waals surface area contributed by atoms with Crippen LogP contribution in [0.25, 0.3) is 22.3 Å². The first-order chi connectivity index (χ1) is 14.1. The van der Waals surface area contributed by atoms with Gasteiger partial charge in [-0.05, 0) is 66.2 Å². The predicted molar refractivity (Wildman–Crippen MR) is 109 cm³/mol. The molecule has 0 aliphatic carbocycles. The molecule has 5 heteroatoms. The van der Waals surface area contributed by atoms with Crippen LogP contribution < -0.4 is 4.74 Å². The Kier molecular flexibility index (Phi) is 4.86. The Bertz CT molecular complexity index is 1230. The molecule has 0 unspecified atom stereocenters. The molecule has 3 aromatic carbocycles. The van der Waals surface area contributed by atoms with Crippen LogP contribution in [0.4, 0.5) is 0 Å². The normalized spacial score (nSPS) is 10.7. The number of methoxy groups -OCH3 is 1. The summed E-state index contributed by atoms with van der Waals surface area (Å²) in [6.45, 7) is -0.118. The second-order valence-electron chi connectivity index (χ2n) is 6.54. The van der Waals surface area contributed by atoms with Crippen molar-refractivity contribution in [1.82, 2.24) is 0 Å². The summed E-state index contributed by atoms with van der Waals surface area (Å²) < 4.78 is 11.3. The van der Waals surface area contributed by atoms with Crippen molar-refractivity contribution in [2.75, 3.05) is 7.11 Å². The summed E-state index contributed by atoms with van der Waals surface area (Å²) in [7, 11) is 1.59. The van der Waals surface area contributed by atoms with Gasteiger partial charge in [-0.25, -0.2) is 0 Å². The van der Waals surface area contributed by atoms with Gasteiger partial charge in [-0.2, -0.15) is 5.26 Å². The molecule has 0 bridgehead atoms. The molecule has 1 heterocycles. The van der Waals surface area contributed by atoms with E-state index in [0.29, 0.717) is 44.7 Å². The summed E-state index contributed by atoms with van der Waals surface area (Å²) in [5.74, 6) is 0.954. The largest absolute Gasteiger partial charge is 0.497 e. The van der Waals surface area contributed by atoms with Crippen molar-refractivity contribution in [2.24, 2.45) is 0 Å². The van der Waals surface area contributed by atoms with Gasteiger partial charge in [-0.3, -0.25) is 4.79 Å². The molecule has 0 spiro atoms. The van der Waals surface area contributed by atoms with Crippen molar-refractivity contribution < 1.29 is 19.1 Å². The zero-order chi connectivity index (χ0) is 20.4. The molecule has 4 rings (SSSR count). The van der Waals surface area contributed by atoms with E-state index in [9.17, 15) is 9.90 Å². The smallest absolute Gasteiger partial charge is 0.197 e. The number of nitrogens with zero attached hydrogens (tertiary/aromatic N) is 1. The average Bonchev–Trinajstić information content (AvgIpc) is 3.17. The van der Waals surface area contributed by atoms with Gasteiger partial charge in [0.05, 0.1) is 30.9 Å². The fraction of sp³-hybridized carbons (Fsp3) is 0.0833. The molecule has 1 N–H and O–H groups in total. The highest BCUT2D eigenvalue weighted by Crippen LogP contribution is 2.36. The van der Waals surface area contributed by atoms with E-state index in [2.05, 4.69) is 6.07 Å². The summed E-state index contributed by atoms with van der Waals surface area (Å²) in [5, 5.41) is 19.1. The third kappa shape index (κ3) is 3.38. The van der Waals surface area contributed by atoms with Gasteiger partial charge < -0.3 is 14.3 Å². The highest BCUT2D eigenvalue weighted by Gasteiger charge is 2.23. The van der Waals surface area contributed by atoms with Gasteiger partial charge in [0.25, 0.3) is 0 Å². The number of carbonyl (C=O) groups is 1. The number of nitriles is 1. The Labute approximate surface area is 167 Å². The van der Waals surface area contributed by atoms with Gasteiger partial charge in [0.1, 0.15) is 17.1 Å². The molecule has 0 saturated heterocycles. The van der Waals surface area contributed by atoms with E-state index in [1.807, 2.05) is 12.1 Å². The molecule has 5 nitrogen and oxygen atoms in total. The molecule has 0 fully saturated rings. The van der Waals surface area contributed by atoms with E-state index >= 15 is 0 Å². The Morgan fingerprint density at radius 1 is 1.07 bits per heavy atom. The minimum atomic E-state index is -0.198. The maximum atomic E-state index is 13.4. The number of aliphatic hydroxyl groups is 1. The van der Waals surface area contributed by atoms with Crippen LogP contribution in [0.1, 0.15) is 27.0 Å². The minimum absolute atomic E-state index is 0.118. The molecule has 29 heavy (non-hydrogen) atoms. The number of hydrogen-bond donors (Lipinski definition) is 1. The third-order valence-electron chi connectivity index (χ3n) is 4.79. The maximum absolute atomic E-state index is 13.4. The van der Waals surface area contributed by atoms with Crippen molar-refractivity contribution in [3.05, 3.63) is 89.0 Å². The van der Waals surface area contributed by atoms with Crippen LogP contribution in [0, 0.1) is 11.3 Å². The number of rotatable bonds is 5. The lowest BCUT2D eigenvalue weighted by molar-refractivity contribution is 0.104. The molecule has 0 aliphatic rings. The Morgan fingerprint density at radius 3 is 2.41 bits per heavy atom. The number of furan rings is 1. The number of ether oxygens (including phenoxy) is 1. The summed E-state index contributed by atoms with van der Waals surface area (Å²) >= 11 is 0. The van der Waals surface area contributed by atoms with Gasteiger partial charge >= 0.3 is 0 Å². The second-order valence-corrected chi connectivity index (χ2v) is 6.54. The van der Waals surface area contributed by atoms with E-state index in [1.165, 1.54) is 0 Å². The topological polar surface area (TPSA) is 83.5 Å². The van der Waals surface area contributed by atoms with Gasteiger partial charge in [0.2, 0.25) is 0 Å². The maximum Gasteiger partial charge on any atom is 0.197 e. The molecule has 0 atom stereocenters. The molecule has 0 saturated carbocycles. The first-order valence-electron chi connectivity index (χ1n) is 9.00. The fourth-order valence-electron chi connectivity index (χ4n) is 3.25. The second kappa shape index (κ2) is 7.63. The zero-order valence-corrected chi connectivity index (χ0v) is 15.7. The van der Waals surface area contributed by atoms with Gasteiger partial charge in [-0.1, -0.05) is 6.07 Å². The molecular weight excluding hydrogens is 366 g/mol. The van der Waals surface area contributed by atoms with Gasteiger partial charge in [-0.15, -0.1) is 0 Å². The zero-order valence-electron chi connectivity index (χ0n) is 15.7.